The zero-order valence-electron chi connectivity index (χ0n) is 12.8. The minimum absolute atomic E-state index is 0.180. The maximum Gasteiger partial charge on any atom is 0.127 e. The second kappa shape index (κ2) is 5.90. The first-order valence-corrected chi connectivity index (χ1v) is 8.66. The molecule has 1 fully saturated rings. The van der Waals surface area contributed by atoms with Gasteiger partial charge in [0.1, 0.15) is 11.4 Å². The van der Waals surface area contributed by atoms with Gasteiger partial charge in [0.2, 0.25) is 0 Å². The third kappa shape index (κ3) is 3.27. The third-order valence-corrected chi connectivity index (χ3v) is 5.11. The molecule has 1 saturated heterocycles. The van der Waals surface area contributed by atoms with Gasteiger partial charge in [0, 0.05) is 36.1 Å². The van der Waals surface area contributed by atoms with Crippen LogP contribution in [-0.4, -0.2) is 35.2 Å². The van der Waals surface area contributed by atoms with Crippen LogP contribution in [0, 0.1) is 5.92 Å². The van der Waals surface area contributed by atoms with Crippen LogP contribution in [0.25, 0.3) is 0 Å². The van der Waals surface area contributed by atoms with Crippen molar-refractivity contribution in [3.63, 3.8) is 0 Å². The van der Waals surface area contributed by atoms with Gasteiger partial charge in [-0.05, 0) is 30.9 Å². The number of halogens is 1. The predicted octanol–water partition coefficient (Wildman–Crippen LogP) is 3.76. The third-order valence-electron chi connectivity index (χ3n) is 4.62. The Kier molecular flexibility index (Phi) is 4.30. The number of nitrogens with zero attached hydrogens (tertiary/aromatic N) is 1. The van der Waals surface area contributed by atoms with Crippen molar-refractivity contribution in [3.05, 3.63) is 28.2 Å². The lowest BCUT2D eigenvalue weighted by molar-refractivity contribution is -0.0551. The zero-order chi connectivity index (χ0) is 15.0. The normalized spacial score (nSPS) is 24.9. The monoisotopic (exact) mass is 353 g/mol. The van der Waals surface area contributed by atoms with Gasteiger partial charge in [-0.15, -0.1) is 0 Å². The standard InChI is InChI=1S/C17H24BrNO2/c1-12(2)11-19-7-5-17(6-8-19)10-15(20)14-4-3-13(18)9-16(14)21-17/h3-4,9,12,15,20H,5-8,10-11H2,1-2H3. The van der Waals surface area contributed by atoms with Crippen molar-refractivity contribution in [2.24, 2.45) is 5.92 Å². The second-order valence-corrected chi connectivity index (χ2v) is 7.80. The molecule has 0 radical (unpaired) electrons. The van der Waals surface area contributed by atoms with E-state index in [2.05, 4.69) is 34.7 Å². The summed E-state index contributed by atoms with van der Waals surface area (Å²) in [6, 6.07) is 5.92. The Morgan fingerprint density at radius 2 is 2.10 bits per heavy atom. The zero-order valence-corrected chi connectivity index (χ0v) is 14.4. The second-order valence-electron chi connectivity index (χ2n) is 6.88. The highest BCUT2D eigenvalue weighted by Gasteiger charge is 2.42. The van der Waals surface area contributed by atoms with Gasteiger partial charge in [0.15, 0.2) is 0 Å². The smallest absolute Gasteiger partial charge is 0.127 e. The molecule has 1 aromatic carbocycles. The highest BCUT2D eigenvalue weighted by molar-refractivity contribution is 9.10. The van der Waals surface area contributed by atoms with Gasteiger partial charge in [-0.25, -0.2) is 0 Å². The molecule has 1 spiro atoms. The molecule has 0 saturated carbocycles. The molecule has 3 nitrogen and oxygen atoms in total. The molecule has 0 amide bonds. The Morgan fingerprint density at radius 3 is 2.76 bits per heavy atom. The van der Waals surface area contributed by atoms with Gasteiger partial charge in [-0.1, -0.05) is 35.8 Å². The van der Waals surface area contributed by atoms with Crippen molar-refractivity contribution in [2.45, 2.75) is 44.8 Å². The molecule has 116 valence electrons. The van der Waals surface area contributed by atoms with E-state index in [0.29, 0.717) is 5.92 Å². The molecule has 0 aromatic heterocycles. The highest BCUT2D eigenvalue weighted by atomic mass is 79.9. The van der Waals surface area contributed by atoms with Crippen LogP contribution in [0.4, 0.5) is 0 Å². The molecule has 2 aliphatic heterocycles. The molecular weight excluding hydrogens is 330 g/mol. The van der Waals surface area contributed by atoms with Crippen molar-refractivity contribution in [2.75, 3.05) is 19.6 Å². The van der Waals surface area contributed by atoms with Crippen molar-refractivity contribution in [1.82, 2.24) is 4.90 Å². The Balaban J connectivity index is 1.74. The molecule has 3 rings (SSSR count). The van der Waals surface area contributed by atoms with E-state index in [1.54, 1.807) is 0 Å². The molecule has 4 heteroatoms. The summed E-state index contributed by atoms with van der Waals surface area (Å²) in [5, 5.41) is 10.5. The molecule has 1 atom stereocenters. The number of aliphatic hydroxyl groups is 1. The summed E-state index contributed by atoms with van der Waals surface area (Å²) in [6.45, 7) is 7.81. The van der Waals surface area contributed by atoms with E-state index in [4.69, 9.17) is 4.74 Å². The number of piperidine rings is 1. The number of rotatable bonds is 2. The molecule has 0 bridgehead atoms. The average Bonchev–Trinajstić information content (AvgIpc) is 2.40. The molecular formula is C17H24BrNO2. The summed E-state index contributed by atoms with van der Waals surface area (Å²) in [6.07, 6.45) is 2.32. The van der Waals surface area contributed by atoms with Crippen LogP contribution in [0.1, 0.15) is 44.8 Å². The molecule has 1 N–H and O–H groups in total. The maximum atomic E-state index is 10.5. The lowest BCUT2D eigenvalue weighted by atomic mass is 9.81. The number of aliphatic hydroxyl groups excluding tert-OH is 1. The van der Waals surface area contributed by atoms with E-state index in [1.807, 2.05) is 18.2 Å². The van der Waals surface area contributed by atoms with E-state index >= 15 is 0 Å². The van der Waals surface area contributed by atoms with E-state index in [9.17, 15) is 5.11 Å². The summed E-state index contributed by atoms with van der Waals surface area (Å²) in [5.41, 5.74) is 0.745. The summed E-state index contributed by atoms with van der Waals surface area (Å²) in [7, 11) is 0. The summed E-state index contributed by atoms with van der Waals surface area (Å²) < 4.78 is 7.35. The lowest BCUT2D eigenvalue weighted by Gasteiger charge is -2.46. The summed E-state index contributed by atoms with van der Waals surface area (Å²) in [5.74, 6) is 1.55. The number of hydrogen-bond acceptors (Lipinski definition) is 3. The summed E-state index contributed by atoms with van der Waals surface area (Å²) >= 11 is 3.49. The van der Waals surface area contributed by atoms with Crippen molar-refractivity contribution >= 4 is 15.9 Å². The van der Waals surface area contributed by atoms with Crippen molar-refractivity contribution in [1.29, 1.82) is 0 Å². The quantitative estimate of drug-likeness (QED) is 0.878. The van der Waals surface area contributed by atoms with E-state index < -0.39 is 6.10 Å². The SMILES string of the molecule is CC(C)CN1CCC2(CC1)CC(O)c1ccc(Br)cc1O2. The van der Waals surface area contributed by atoms with Crippen LogP contribution < -0.4 is 4.74 Å². The van der Waals surface area contributed by atoms with Gasteiger partial charge in [-0.2, -0.15) is 0 Å². The lowest BCUT2D eigenvalue weighted by Crippen LogP contribution is -2.51. The highest BCUT2D eigenvalue weighted by Crippen LogP contribution is 2.45. The number of likely N-dealkylation sites (tertiary alicyclic amines) is 1. The first-order chi connectivity index (χ1) is 9.97. The fourth-order valence-corrected chi connectivity index (χ4v) is 3.91. The van der Waals surface area contributed by atoms with Crippen LogP contribution in [0.2, 0.25) is 0 Å². The van der Waals surface area contributed by atoms with Crippen LogP contribution in [0.3, 0.4) is 0 Å². The van der Waals surface area contributed by atoms with E-state index in [-0.39, 0.29) is 5.60 Å². The van der Waals surface area contributed by atoms with Crippen LogP contribution in [0.15, 0.2) is 22.7 Å². The van der Waals surface area contributed by atoms with Crippen LogP contribution >= 0.6 is 15.9 Å². The molecule has 2 aliphatic rings. The topological polar surface area (TPSA) is 32.7 Å². The minimum Gasteiger partial charge on any atom is -0.487 e. The number of fused-ring (bicyclic) bond motifs is 1. The van der Waals surface area contributed by atoms with Crippen LogP contribution in [-0.2, 0) is 0 Å². The molecule has 1 aromatic rings. The minimum atomic E-state index is -0.404. The molecule has 0 aliphatic carbocycles. The number of benzene rings is 1. The largest absolute Gasteiger partial charge is 0.487 e. The molecule has 1 unspecified atom stereocenters. The Labute approximate surface area is 135 Å². The van der Waals surface area contributed by atoms with Gasteiger partial charge >= 0.3 is 0 Å². The summed E-state index contributed by atoms with van der Waals surface area (Å²) in [4.78, 5) is 2.52. The Bertz CT molecular complexity index is 510. The Hall–Kier alpha value is -0.580. The fourth-order valence-electron chi connectivity index (χ4n) is 3.57. The van der Waals surface area contributed by atoms with Gasteiger partial charge < -0.3 is 14.7 Å². The molecule has 21 heavy (non-hydrogen) atoms. The van der Waals surface area contributed by atoms with Gasteiger partial charge in [0.05, 0.1) is 6.10 Å². The first kappa shape index (κ1) is 15.3. The van der Waals surface area contributed by atoms with E-state index in [1.165, 1.54) is 0 Å². The van der Waals surface area contributed by atoms with Crippen LogP contribution in [0.5, 0.6) is 5.75 Å². The van der Waals surface area contributed by atoms with Crippen molar-refractivity contribution in [3.8, 4) is 5.75 Å². The van der Waals surface area contributed by atoms with Gasteiger partial charge in [-0.3, -0.25) is 0 Å². The first-order valence-electron chi connectivity index (χ1n) is 7.86. The molecule has 2 heterocycles. The van der Waals surface area contributed by atoms with Crippen molar-refractivity contribution < 1.29 is 9.84 Å². The number of hydrogen-bond donors (Lipinski definition) is 1. The number of ether oxygens (including phenoxy) is 1. The fraction of sp³-hybridized carbons (Fsp3) is 0.647. The Morgan fingerprint density at radius 1 is 1.38 bits per heavy atom. The average molecular weight is 354 g/mol. The van der Waals surface area contributed by atoms with Gasteiger partial charge in [0.25, 0.3) is 0 Å². The van der Waals surface area contributed by atoms with E-state index in [0.717, 1.165) is 54.7 Å². The maximum absolute atomic E-state index is 10.5. The predicted molar refractivity (Wildman–Crippen MR) is 87.6 cm³/mol.